The molecule has 110 valence electrons. The van der Waals surface area contributed by atoms with E-state index >= 15 is 0 Å². The van der Waals surface area contributed by atoms with E-state index in [0.29, 0.717) is 0 Å². The third-order valence-corrected chi connectivity index (χ3v) is 4.30. The number of hydrogen-bond donors (Lipinski definition) is 0. The van der Waals surface area contributed by atoms with Gasteiger partial charge in [-0.05, 0) is 49.6 Å². The molecule has 2 aromatic carbocycles. The molecule has 0 N–H and O–H groups in total. The first kappa shape index (κ1) is 14.0. The van der Waals surface area contributed by atoms with Crippen LogP contribution in [0.3, 0.4) is 0 Å². The summed E-state index contributed by atoms with van der Waals surface area (Å²) in [6, 6.07) is 13.1. The van der Waals surface area contributed by atoms with Crippen molar-refractivity contribution >= 4 is 21.8 Å². The van der Waals surface area contributed by atoms with Gasteiger partial charge in [-0.25, -0.2) is 0 Å². The van der Waals surface area contributed by atoms with Crippen molar-refractivity contribution in [3.63, 3.8) is 0 Å². The Labute approximate surface area is 126 Å². The molecule has 0 spiro atoms. The summed E-state index contributed by atoms with van der Waals surface area (Å²) in [5, 5.41) is 2.72. The van der Waals surface area contributed by atoms with E-state index in [9.17, 15) is 0 Å². The number of nitrogens with zero attached hydrogens (tertiary/aromatic N) is 1. The van der Waals surface area contributed by atoms with Crippen molar-refractivity contribution in [2.75, 3.05) is 7.11 Å². The standard InChI is InChI=1S/C19H23NO/c1-4-6-8-14-9-7-10-18-19(14)16-13-15(21-3)11-12-17(16)20(18)5-2/h7,9-13H,4-6,8H2,1-3H3. The van der Waals surface area contributed by atoms with Gasteiger partial charge in [0.1, 0.15) is 5.75 Å². The van der Waals surface area contributed by atoms with Crippen LogP contribution in [0, 0.1) is 0 Å². The second-order valence-electron chi connectivity index (χ2n) is 5.54. The fourth-order valence-electron chi connectivity index (χ4n) is 3.25. The minimum Gasteiger partial charge on any atom is -0.497 e. The quantitative estimate of drug-likeness (QED) is 0.629. The Morgan fingerprint density at radius 3 is 2.62 bits per heavy atom. The van der Waals surface area contributed by atoms with Crippen LogP contribution >= 0.6 is 0 Å². The van der Waals surface area contributed by atoms with Crippen LogP contribution in [0.15, 0.2) is 36.4 Å². The molecule has 2 heteroatoms. The van der Waals surface area contributed by atoms with Crippen molar-refractivity contribution in [2.45, 2.75) is 39.7 Å². The predicted molar refractivity (Wildman–Crippen MR) is 90.3 cm³/mol. The molecule has 3 aromatic rings. The molecule has 0 radical (unpaired) electrons. The van der Waals surface area contributed by atoms with Crippen LogP contribution in [0.4, 0.5) is 0 Å². The summed E-state index contributed by atoms with van der Waals surface area (Å²) < 4.78 is 7.83. The van der Waals surface area contributed by atoms with Crippen molar-refractivity contribution in [3.8, 4) is 5.75 Å². The lowest BCUT2D eigenvalue weighted by Crippen LogP contribution is -1.93. The van der Waals surface area contributed by atoms with Crippen molar-refractivity contribution in [1.29, 1.82) is 0 Å². The van der Waals surface area contributed by atoms with E-state index in [-0.39, 0.29) is 0 Å². The zero-order valence-corrected chi connectivity index (χ0v) is 13.1. The summed E-state index contributed by atoms with van der Waals surface area (Å²) in [5.41, 5.74) is 4.10. The van der Waals surface area contributed by atoms with E-state index in [1.54, 1.807) is 7.11 Å². The fraction of sp³-hybridized carbons (Fsp3) is 0.368. The summed E-state index contributed by atoms with van der Waals surface area (Å²) >= 11 is 0. The molecule has 3 rings (SSSR count). The van der Waals surface area contributed by atoms with Crippen LogP contribution in [0.1, 0.15) is 32.3 Å². The lowest BCUT2D eigenvalue weighted by Gasteiger charge is -2.05. The summed E-state index contributed by atoms with van der Waals surface area (Å²) in [6.45, 7) is 5.45. The van der Waals surface area contributed by atoms with Gasteiger partial charge in [0.25, 0.3) is 0 Å². The number of benzene rings is 2. The molecule has 1 aromatic heterocycles. The lowest BCUT2D eigenvalue weighted by molar-refractivity contribution is 0.415. The zero-order chi connectivity index (χ0) is 14.8. The minimum atomic E-state index is 0.933. The molecule has 0 amide bonds. The number of rotatable bonds is 5. The summed E-state index contributed by atoms with van der Waals surface area (Å²) in [4.78, 5) is 0. The summed E-state index contributed by atoms with van der Waals surface area (Å²) in [6.07, 6.45) is 3.61. The predicted octanol–water partition coefficient (Wildman–Crippen LogP) is 5.17. The molecule has 2 nitrogen and oxygen atoms in total. The second kappa shape index (κ2) is 5.80. The first-order chi connectivity index (χ1) is 10.3. The maximum Gasteiger partial charge on any atom is 0.119 e. The van der Waals surface area contributed by atoms with Gasteiger partial charge in [-0.1, -0.05) is 25.5 Å². The number of aromatic nitrogens is 1. The largest absolute Gasteiger partial charge is 0.497 e. The van der Waals surface area contributed by atoms with Crippen molar-refractivity contribution in [3.05, 3.63) is 42.0 Å². The molecule has 0 unspecified atom stereocenters. The Hall–Kier alpha value is -1.96. The molecular weight excluding hydrogens is 258 g/mol. The molecule has 0 aliphatic heterocycles. The smallest absolute Gasteiger partial charge is 0.119 e. The number of fused-ring (bicyclic) bond motifs is 3. The van der Waals surface area contributed by atoms with Crippen molar-refractivity contribution in [1.82, 2.24) is 4.57 Å². The average molecular weight is 281 g/mol. The van der Waals surface area contributed by atoms with Crippen LogP contribution < -0.4 is 4.74 Å². The Bertz CT molecular complexity index is 770. The number of ether oxygens (including phenoxy) is 1. The van der Waals surface area contributed by atoms with E-state index in [1.807, 2.05) is 0 Å². The normalized spacial score (nSPS) is 11.4. The van der Waals surface area contributed by atoms with Gasteiger partial charge in [-0.3, -0.25) is 0 Å². The minimum absolute atomic E-state index is 0.933. The van der Waals surface area contributed by atoms with E-state index in [0.717, 1.165) is 18.7 Å². The topological polar surface area (TPSA) is 14.2 Å². The van der Waals surface area contributed by atoms with Gasteiger partial charge in [0.15, 0.2) is 0 Å². The maximum absolute atomic E-state index is 5.43. The summed E-state index contributed by atoms with van der Waals surface area (Å²) in [5.74, 6) is 0.933. The van der Waals surface area contributed by atoms with Crippen LogP contribution in [-0.4, -0.2) is 11.7 Å². The second-order valence-corrected chi connectivity index (χ2v) is 5.54. The van der Waals surface area contributed by atoms with E-state index in [2.05, 4.69) is 54.8 Å². The first-order valence-electron chi connectivity index (χ1n) is 7.88. The summed E-state index contributed by atoms with van der Waals surface area (Å²) in [7, 11) is 1.73. The van der Waals surface area contributed by atoms with Crippen molar-refractivity contribution in [2.24, 2.45) is 0 Å². The monoisotopic (exact) mass is 281 g/mol. The van der Waals surface area contributed by atoms with E-state index in [1.165, 1.54) is 40.2 Å². The SMILES string of the molecule is CCCCc1cccc2c1c1cc(OC)ccc1n2CC. The highest BCUT2D eigenvalue weighted by atomic mass is 16.5. The Balaban J connectivity index is 2.35. The third kappa shape index (κ3) is 2.29. The van der Waals surface area contributed by atoms with Crippen LogP contribution in [0.2, 0.25) is 0 Å². The molecular formula is C19H23NO. The van der Waals surface area contributed by atoms with Gasteiger partial charge in [-0.2, -0.15) is 0 Å². The third-order valence-electron chi connectivity index (χ3n) is 4.30. The fourth-order valence-corrected chi connectivity index (χ4v) is 3.25. The van der Waals surface area contributed by atoms with Gasteiger partial charge in [-0.15, -0.1) is 0 Å². The number of hydrogen-bond acceptors (Lipinski definition) is 1. The molecule has 0 saturated heterocycles. The zero-order valence-electron chi connectivity index (χ0n) is 13.1. The Kier molecular flexibility index (Phi) is 3.87. The van der Waals surface area contributed by atoms with Gasteiger partial charge in [0.2, 0.25) is 0 Å². The van der Waals surface area contributed by atoms with Crippen LogP contribution in [-0.2, 0) is 13.0 Å². The molecule has 0 saturated carbocycles. The average Bonchev–Trinajstić information content (AvgIpc) is 2.86. The van der Waals surface area contributed by atoms with Crippen LogP contribution in [0.25, 0.3) is 21.8 Å². The number of aryl methyl sites for hydroxylation is 2. The number of methoxy groups -OCH3 is 1. The molecule has 21 heavy (non-hydrogen) atoms. The van der Waals surface area contributed by atoms with Gasteiger partial charge >= 0.3 is 0 Å². The highest BCUT2D eigenvalue weighted by Gasteiger charge is 2.13. The molecule has 0 aliphatic rings. The van der Waals surface area contributed by atoms with Crippen molar-refractivity contribution < 1.29 is 4.74 Å². The van der Waals surface area contributed by atoms with Crippen LogP contribution in [0.5, 0.6) is 5.75 Å². The molecule has 0 fully saturated rings. The molecule has 0 aliphatic carbocycles. The molecule has 0 bridgehead atoms. The van der Waals surface area contributed by atoms with Gasteiger partial charge in [0, 0.05) is 28.4 Å². The highest BCUT2D eigenvalue weighted by molar-refractivity contribution is 6.10. The Morgan fingerprint density at radius 2 is 1.90 bits per heavy atom. The first-order valence-corrected chi connectivity index (χ1v) is 7.88. The lowest BCUT2D eigenvalue weighted by atomic mass is 10.0. The molecule has 0 atom stereocenters. The van der Waals surface area contributed by atoms with Gasteiger partial charge < -0.3 is 9.30 Å². The number of unbranched alkanes of at least 4 members (excludes halogenated alkanes) is 1. The maximum atomic E-state index is 5.43. The Morgan fingerprint density at radius 1 is 1.05 bits per heavy atom. The highest BCUT2D eigenvalue weighted by Crippen LogP contribution is 2.34. The van der Waals surface area contributed by atoms with E-state index < -0.39 is 0 Å². The van der Waals surface area contributed by atoms with Gasteiger partial charge in [0.05, 0.1) is 7.11 Å². The molecule has 1 heterocycles. The van der Waals surface area contributed by atoms with E-state index in [4.69, 9.17) is 4.74 Å².